The van der Waals surface area contributed by atoms with Gasteiger partial charge in [-0.25, -0.2) is 0 Å². The molecule has 0 aliphatic heterocycles. The second kappa shape index (κ2) is 13.0. The summed E-state index contributed by atoms with van der Waals surface area (Å²) >= 11 is 1.74. The Labute approximate surface area is 263 Å². The molecule has 0 heterocycles. The van der Waals surface area contributed by atoms with E-state index >= 15 is 0 Å². The van der Waals surface area contributed by atoms with Crippen LogP contribution < -0.4 is 0 Å². The Balaban J connectivity index is 0.000000134. The largest absolute Gasteiger partial charge is 0.145 e. The molecule has 0 atom stereocenters. The molecule has 0 bridgehead atoms. The third kappa shape index (κ3) is 6.31. The minimum absolute atomic E-state index is 0.210. The second-order valence-electron chi connectivity index (χ2n) is 10.8. The Kier molecular flexibility index (Phi) is 8.75. The zero-order chi connectivity index (χ0) is 28.9. The molecule has 200 valence electrons. The van der Waals surface area contributed by atoms with Crippen LogP contribution in [0.4, 0.5) is 0 Å². The summed E-state index contributed by atoms with van der Waals surface area (Å²) in [5.41, 5.74) is 5.37. The predicted molar refractivity (Wildman–Crippen MR) is 182 cm³/mol. The van der Waals surface area contributed by atoms with Gasteiger partial charge in [-0.2, -0.15) is 0 Å². The van der Waals surface area contributed by atoms with Crippen LogP contribution in [0.2, 0.25) is 13.1 Å². The molecule has 8 aromatic carbocycles. The van der Waals surface area contributed by atoms with Crippen LogP contribution >= 0.6 is 0 Å². The van der Waals surface area contributed by atoms with E-state index in [0.717, 1.165) is 0 Å². The maximum Gasteiger partial charge on any atom is -0.0520 e. The van der Waals surface area contributed by atoms with Gasteiger partial charge in [0.25, 0.3) is 0 Å². The second-order valence-corrected chi connectivity index (χ2v) is 20.2. The van der Waals surface area contributed by atoms with Crippen LogP contribution in [-0.4, -0.2) is 5.43 Å². The van der Waals surface area contributed by atoms with Crippen molar-refractivity contribution in [3.8, 4) is 22.3 Å². The van der Waals surface area contributed by atoms with Gasteiger partial charge >= 0.3 is 41.9 Å². The van der Waals surface area contributed by atoms with Crippen LogP contribution in [0.1, 0.15) is 0 Å². The Morgan fingerprint density at radius 2 is 0.762 bits per heavy atom. The van der Waals surface area contributed by atoms with E-state index in [-0.39, 0.29) is 5.43 Å². The van der Waals surface area contributed by atoms with Gasteiger partial charge in [0.1, 0.15) is 0 Å². The topological polar surface area (TPSA) is 0 Å². The number of fused-ring (bicyclic) bond motifs is 6. The quantitative estimate of drug-likeness (QED) is 0.132. The minimum Gasteiger partial charge on any atom is -0.145 e. The van der Waals surface area contributed by atoms with Crippen molar-refractivity contribution in [1.29, 1.82) is 0 Å². The fourth-order valence-corrected chi connectivity index (χ4v) is 5.52. The van der Waals surface area contributed by atoms with Crippen LogP contribution in [0, 0.1) is 0 Å². The first-order valence-corrected chi connectivity index (χ1v) is 20.5. The van der Waals surface area contributed by atoms with Gasteiger partial charge in [-0.3, -0.25) is 0 Å². The first kappa shape index (κ1) is 28.3. The average molecular weight is 632 g/mol. The van der Waals surface area contributed by atoms with Crippen molar-refractivity contribution in [3.63, 3.8) is 0 Å². The summed E-state index contributed by atoms with van der Waals surface area (Å²) in [7, 11) is 0. The molecule has 0 nitrogen and oxygen atoms in total. The summed E-state index contributed by atoms with van der Waals surface area (Å²) in [5.74, 6) is 0. The molecule has 0 spiro atoms. The standard InChI is InChI=1S/2C19H13.C2H6Si.Zr/c2*1-2-6-14(7-3-1)17-12-16-11-10-15-8-4-5-9-18(15)19(16)13-17;1-3-2;/h2*1-13H;1-2H3;/q2*-1;;+2. The van der Waals surface area contributed by atoms with Gasteiger partial charge in [0.05, 0.1) is 0 Å². The Morgan fingerprint density at radius 3 is 1.17 bits per heavy atom. The molecule has 0 amide bonds. The molecule has 0 saturated heterocycles. The van der Waals surface area contributed by atoms with E-state index in [4.69, 9.17) is 0 Å². The molecule has 8 rings (SSSR count). The Bertz CT molecular complexity index is 1960. The zero-order valence-corrected chi connectivity index (χ0v) is 27.5. The molecule has 0 aliphatic rings. The van der Waals surface area contributed by atoms with Gasteiger partial charge in [0.15, 0.2) is 0 Å². The Morgan fingerprint density at radius 1 is 0.429 bits per heavy atom. The fraction of sp³-hybridized carbons (Fsp3) is 0.0500. The maximum absolute atomic E-state index is 2.31. The van der Waals surface area contributed by atoms with Crippen molar-refractivity contribution in [2.45, 2.75) is 13.1 Å². The molecule has 8 aromatic rings. The van der Waals surface area contributed by atoms with Crippen molar-refractivity contribution in [1.82, 2.24) is 0 Å². The van der Waals surface area contributed by atoms with Gasteiger partial charge in [0.2, 0.25) is 0 Å². The first-order valence-electron chi connectivity index (χ1n) is 14.4. The Hall–Kier alpha value is -3.84. The van der Waals surface area contributed by atoms with Crippen molar-refractivity contribution in [2.24, 2.45) is 0 Å². The van der Waals surface area contributed by atoms with E-state index in [0.29, 0.717) is 0 Å². The molecule has 0 aliphatic carbocycles. The smallest absolute Gasteiger partial charge is 0.0520 e. The first-order chi connectivity index (χ1) is 20.6. The third-order valence-electron chi connectivity index (χ3n) is 7.44. The van der Waals surface area contributed by atoms with Gasteiger partial charge in [0, 0.05) is 0 Å². The third-order valence-corrected chi connectivity index (χ3v) is 7.44. The van der Waals surface area contributed by atoms with Crippen LogP contribution in [-0.2, 0) is 23.3 Å². The molecule has 0 unspecified atom stereocenters. The summed E-state index contributed by atoms with van der Waals surface area (Å²) in [6.45, 7) is 4.62. The number of benzene rings is 6. The van der Waals surface area contributed by atoms with E-state index in [2.05, 4.69) is 171 Å². The molecule has 0 fully saturated rings. The summed E-state index contributed by atoms with van der Waals surface area (Å²) in [6.07, 6.45) is 0. The monoisotopic (exact) mass is 630 g/mol. The average Bonchev–Trinajstić information content (AvgIpc) is 3.68. The molecular weight excluding hydrogens is 600 g/mol. The van der Waals surface area contributed by atoms with Gasteiger partial charge < -0.3 is 0 Å². The van der Waals surface area contributed by atoms with Crippen LogP contribution in [0.3, 0.4) is 0 Å². The van der Waals surface area contributed by atoms with Gasteiger partial charge in [-0.05, 0) is 0 Å². The molecular formula is C40H32SiZr. The zero-order valence-electron chi connectivity index (χ0n) is 24.0. The van der Waals surface area contributed by atoms with E-state index in [9.17, 15) is 0 Å². The predicted octanol–water partition coefficient (Wildman–Crippen LogP) is 11.5. The minimum atomic E-state index is 0.210. The van der Waals surface area contributed by atoms with Gasteiger partial charge in [-0.1, -0.05) is 166 Å². The molecule has 0 aromatic heterocycles. The SMILES string of the molecule is C[Si](C)=[Zr+2].c1ccc(-c2cc3ccc4ccccc4c3[cH-]2)cc1.c1ccc(-c2cc3ccc4ccccc4c3[cH-]2)cc1. The van der Waals surface area contributed by atoms with Gasteiger partial charge in [-0.15, -0.1) is 56.9 Å². The van der Waals surface area contributed by atoms with Crippen molar-refractivity contribution >= 4 is 48.5 Å². The van der Waals surface area contributed by atoms with Crippen molar-refractivity contribution in [2.75, 3.05) is 0 Å². The summed E-state index contributed by atoms with van der Waals surface area (Å²) in [4.78, 5) is 0. The maximum atomic E-state index is 2.31. The molecule has 0 radical (unpaired) electrons. The number of rotatable bonds is 2. The van der Waals surface area contributed by atoms with Crippen molar-refractivity contribution in [3.05, 3.63) is 158 Å². The van der Waals surface area contributed by atoms with E-state index in [1.54, 1.807) is 23.3 Å². The molecule has 0 N–H and O–H groups in total. The normalized spacial score (nSPS) is 10.8. The van der Waals surface area contributed by atoms with E-state index in [1.165, 1.54) is 65.3 Å². The summed E-state index contributed by atoms with van der Waals surface area (Å²) < 4.78 is 0. The van der Waals surface area contributed by atoms with Crippen molar-refractivity contribution < 1.29 is 23.3 Å². The molecule has 42 heavy (non-hydrogen) atoms. The van der Waals surface area contributed by atoms with E-state index in [1.807, 2.05) is 0 Å². The van der Waals surface area contributed by atoms with Crippen LogP contribution in [0.25, 0.3) is 65.3 Å². The van der Waals surface area contributed by atoms with Crippen LogP contribution in [0.5, 0.6) is 0 Å². The summed E-state index contributed by atoms with van der Waals surface area (Å²) in [5, 5.41) is 10.6. The fourth-order valence-electron chi connectivity index (χ4n) is 5.52. The van der Waals surface area contributed by atoms with E-state index < -0.39 is 0 Å². The summed E-state index contributed by atoms with van der Waals surface area (Å²) in [6, 6.07) is 56.2. The number of hydrogen-bond acceptors (Lipinski definition) is 0. The number of hydrogen-bond donors (Lipinski definition) is 0. The van der Waals surface area contributed by atoms with Crippen LogP contribution in [0.15, 0.2) is 158 Å². The molecule has 2 heteroatoms. The molecule has 0 saturated carbocycles.